The van der Waals surface area contributed by atoms with E-state index in [0.717, 1.165) is 18.2 Å². The van der Waals surface area contributed by atoms with Gasteiger partial charge >= 0.3 is 0 Å². The molecule has 1 amide bonds. The van der Waals surface area contributed by atoms with E-state index in [4.69, 9.17) is 16.3 Å². The number of nitrogens with one attached hydrogen (secondary N) is 2. The zero-order valence-corrected chi connectivity index (χ0v) is 15.0. The summed E-state index contributed by atoms with van der Waals surface area (Å²) in [7, 11) is -2.62. The summed E-state index contributed by atoms with van der Waals surface area (Å²) < 4.78 is 31.4. The number of nitro groups is 1. The number of methoxy groups -OCH3 is 1. The van der Waals surface area contributed by atoms with E-state index in [1.165, 1.54) is 7.11 Å². The molecule has 0 aromatic heterocycles. The molecular formula is C15H14ClN3O6S. The molecule has 0 spiro atoms. The fourth-order valence-electron chi connectivity index (χ4n) is 1.92. The van der Waals surface area contributed by atoms with E-state index in [1.54, 1.807) is 24.3 Å². The minimum Gasteiger partial charge on any atom is -0.497 e. The first-order valence-corrected chi connectivity index (χ1v) is 8.96. The summed E-state index contributed by atoms with van der Waals surface area (Å²) in [5.41, 5.74) is -0.0886. The number of rotatable bonds is 7. The molecule has 2 rings (SSSR count). The molecule has 2 N–H and O–H groups in total. The Morgan fingerprint density at radius 3 is 2.46 bits per heavy atom. The summed E-state index contributed by atoms with van der Waals surface area (Å²) in [6.45, 7) is -0.551. The number of anilines is 1. The van der Waals surface area contributed by atoms with Crippen LogP contribution in [-0.4, -0.2) is 32.9 Å². The van der Waals surface area contributed by atoms with Gasteiger partial charge in [0.25, 0.3) is 5.69 Å². The highest BCUT2D eigenvalue weighted by Crippen LogP contribution is 2.26. The number of sulfonamides is 1. The Kier molecular flexibility index (Phi) is 6.14. The fourth-order valence-corrected chi connectivity index (χ4v) is 3.11. The quantitative estimate of drug-likeness (QED) is 0.542. The smallest absolute Gasteiger partial charge is 0.289 e. The molecule has 0 aliphatic heterocycles. The summed E-state index contributed by atoms with van der Waals surface area (Å²) in [6, 6.07) is 9.48. The van der Waals surface area contributed by atoms with Crippen molar-refractivity contribution in [2.45, 2.75) is 4.90 Å². The zero-order chi connectivity index (χ0) is 19.3. The van der Waals surface area contributed by atoms with Crippen molar-refractivity contribution in [2.75, 3.05) is 19.0 Å². The van der Waals surface area contributed by atoms with Gasteiger partial charge in [0.1, 0.15) is 10.8 Å². The standard InChI is InChI=1S/C15H14ClN3O6S/c1-25-11-4-2-10(3-5-11)18-15(20)9-17-26(23,24)12-6-7-13(16)14(8-12)19(21)22/h2-8,17H,9H2,1H3,(H,18,20). The van der Waals surface area contributed by atoms with Gasteiger partial charge in [-0.15, -0.1) is 0 Å². The Hall–Kier alpha value is -2.69. The molecule has 0 saturated carbocycles. The molecule has 0 radical (unpaired) electrons. The van der Waals surface area contributed by atoms with Crippen molar-refractivity contribution in [3.05, 3.63) is 57.6 Å². The van der Waals surface area contributed by atoms with E-state index in [1.807, 2.05) is 0 Å². The van der Waals surface area contributed by atoms with Crippen molar-refractivity contribution in [2.24, 2.45) is 0 Å². The number of carbonyl (C=O) groups excluding carboxylic acids is 1. The summed E-state index contributed by atoms with van der Waals surface area (Å²) in [5.74, 6) is -0.00441. The van der Waals surface area contributed by atoms with Crippen LogP contribution in [0.25, 0.3) is 0 Å². The molecule has 0 bridgehead atoms. The van der Waals surface area contributed by atoms with Gasteiger partial charge in [-0.2, -0.15) is 0 Å². The van der Waals surface area contributed by atoms with Crippen molar-refractivity contribution in [1.29, 1.82) is 0 Å². The number of nitro benzene ring substituents is 1. The molecular weight excluding hydrogens is 386 g/mol. The van der Waals surface area contributed by atoms with Crippen molar-refractivity contribution in [3.8, 4) is 5.75 Å². The molecule has 0 unspecified atom stereocenters. The molecule has 2 aromatic carbocycles. The van der Waals surface area contributed by atoms with E-state index in [9.17, 15) is 23.3 Å². The maximum Gasteiger partial charge on any atom is 0.289 e. The van der Waals surface area contributed by atoms with Crippen LogP contribution in [0.1, 0.15) is 0 Å². The van der Waals surface area contributed by atoms with Crippen molar-refractivity contribution in [1.82, 2.24) is 4.72 Å². The molecule has 2 aromatic rings. The third-order valence-electron chi connectivity index (χ3n) is 3.22. The normalized spacial score (nSPS) is 11.0. The molecule has 0 aliphatic carbocycles. The lowest BCUT2D eigenvalue weighted by Crippen LogP contribution is -2.32. The van der Waals surface area contributed by atoms with E-state index >= 15 is 0 Å². The van der Waals surface area contributed by atoms with Gasteiger partial charge in [0.05, 0.1) is 23.5 Å². The molecule has 0 fully saturated rings. The second-order valence-electron chi connectivity index (χ2n) is 4.97. The Morgan fingerprint density at radius 1 is 1.23 bits per heavy atom. The molecule has 0 aliphatic rings. The number of hydrogen-bond donors (Lipinski definition) is 2. The highest BCUT2D eigenvalue weighted by atomic mass is 35.5. The first-order chi connectivity index (χ1) is 12.2. The lowest BCUT2D eigenvalue weighted by atomic mass is 10.3. The minimum absolute atomic E-state index is 0.189. The maximum absolute atomic E-state index is 12.2. The zero-order valence-electron chi connectivity index (χ0n) is 13.4. The Balaban J connectivity index is 2.04. The Bertz CT molecular complexity index is 931. The minimum atomic E-state index is -4.12. The van der Waals surface area contributed by atoms with Crippen LogP contribution in [0, 0.1) is 10.1 Å². The van der Waals surface area contributed by atoms with Crippen LogP contribution in [0.3, 0.4) is 0 Å². The second kappa shape index (κ2) is 8.13. The van der Waals surface area contributed by atoms with Gasteiger partial charge in [-0.3, -0.25) is 14.9 Å². The molecule has 11 heteroatoms. The third-order valence-corrected chi connectivity index (χ3v) is 4.94. The van der Waals surface area contributed by atoms with Crippen LogP contribution >= 0.6 is 11.6 Å². The maximum atomic E-state index is 12.2. The van der Waals surface area contributed by atoms with Crippen LogP contribution in [0.15, 0.2) is 47.4 Å². The Labute approximate surface area is 154 Å². The summed E-state index contributed by atoms with van der Waals surface area (Å²) in [4.78, 5) is 21.6. The average molecular weight is 400 g/mol. The third kappa shape index (κ3) is 4.91. The lowest BCUT2D eigenvalue weighted by Gasteiger charge is -2.09. The van der Waals surface area contributed by atoms with E-state index < -0.39 is 33.1 Å². The van der Waals surface area contributed by atoms with Gasteiger partial charge in [0.15, 0.2) is 0 Å². The van der Waals surface area contributed by atoms with E-state index in [2.05, 4.69) is 10.0 Å². The van der Waals surface area contributed by atoms with Crippen LogP contribution in [0.5, 0.6) is 5.75 Å². The molecule has 138 valence electrons. The largest absolute Gasteiger partial charge is 0.497 e. The molecule has 26 heavy (non-hydrogen) atoms. The predicted octanol–water partition coefficient (Wildman–Crippen LogP) is 2.17. The summed E-state index contributed by atoms with van der Waals surface area (Å²) >= 11 is 5.65. The number of amides is 1. The Morgan fingerprint density at radius 2 is 1.88 bits per heavy atom. The van der Waals surface area contributed by atoms with Crippen molar-refractivity contribution >= 4 is 38.9 Å². The van der Waals surface area contributed by atoms with Crippen molar-refractivity contribution < 1.29 is 22.9 Å². The number of halogens is 1. The average Bonchev–Trinajstić information content (AvgIpc) is 2.60. The predicted molar refractivity (Wildman–Crippen MR) is 94.9 cm³/mol. The highest BCUT2D eigenvalue weighted by Gasteiger charge is 2.21. The van der Waals surface area contributed by atoms with Gasteiger partial charge in [-0.1, -0.05) is 11.6 Å². The first-order valence-electron chi connectivity index (χ1n) is 7.10. The van der Waals surface area contributed by atoms with Crippen LogP contribution < -0.4 is 14.8 Å². The van der Waals surface area contributed by atoms with Gasteiger partial charge in [-0.25, -0.2) is 13.1 Å². The lowest BCUT2D eigenvalue weighted by molar-refractivity contribution is -0.384. The summed E-state index contributed by atoms with van der Waals surface area (Å²) in [5, 5.41) is 13.2. The van der Waals surface area contributed by atoms with Gasteiger partial charge in [0, 0.05) is 11.8 Å². The number of hydrogen-bond acceptors (Lipinski definition) is 6. The number of nitrogens with zero attached hydrogens (tertiary/aromatic N) is 1. The van der Waals surface area contributed by atoms with E-state index in [0.29, 0.717) is 11.4 Å². The number of carbonyl (C=O) groups is 1. The van der Waals surface area contributed by atoms with Crippen LogP contribution in [0.4, 0.5) is 11.4 Å². The second-order valence-corrected chi connectivity index (χ2v) is 7.15. The monoisotopic (exact) mass is 399 g/mol. The molecule has 9 nitrogen and oxygen atoms in total. The number of benzene rings is 2. The highest BCUT2D eigenvalue weighted by molar-refractivity contribution is 7.89. The summed E-state index contributed by atoms with van der Waals surface area (Å²) in [6.07, 6.45) is 0. The van der Waals surface area contributed by atoms with Crippen molar-refractivity contribution in [3.63, 3.8) is 0 Å². The van der Waals surface area contributed by atoms with Crippen LogP contribution in [0.2, 0.25) is 5.02 Å². The first kappa shape index (κ1) is 19.6. The topological polar surface area (TPSA) is 128 Å². The SMILES string of the molecule is COc1ccc(NC(=O)CNS(=O)(=O)c2ccc(Cl)c([N+](=O)[O-])c2)cc1. The van der Waals surface area contributed by atoms with E-state index in [-0.39, 0.29) is 9.92 Å². The van der Waals surface area contributed by atoms with Gasteiger partial charge in [0.2, 0.25) is 15.9 Å². The molecule has 0 atom stereocenters. The van der Waals surface area contributed by atoms with Gasteiger partial charge in [-0.05, 0) is 36.4 Å². The fraction of sp³-hybridized carbons (Fsp3) is 0.133. The molecule has 0 saturated heterocycles. The molecule has 0 heterocycles. The van der Waals surface area contributed by atoms with Crippen LogP contribution in [-0.2, 0) is 14.8 Å². The van der Waals surface area contributed by atoms with Gasteiger partial charge < -0.3 is 10.1 Å². The number of ether oxygens (including phenoxy) is 1.